The Morgan fingerprint density at radius 1 is 1.39 bits per heavy atom. The molecule has 2 rings (SSSR count). The van der Waals surface area contributed by atoms with Crippen LogP contribution >= 0.6 is 11.3 Å². The lowest BCUT2D eigenvalue weighted by Gasteiger charge is -2.19. The Labute approximate surface area is 110 Å². The highest BCUT2D eigenvalue weighted by Gasteiger charge is 2.14. The summed E-state index contributed by atoms with van der Waals surface area (Å²) in [6.45, 7) is 4.79. The van der Waals surface area contributed by atoms with Gasteiger partial charge in [0, 0.05) is 12.2 Å². The predicted molar refractivity (Wildman–Crippen MR) is 72.9 cm³/mol. The molecule has 4 nitrogen and oxygen atoms in total. The summed E-state index contributed by atoms with van der Waals surface area (Å²) < 4.78 is 0. The number of hydrogen-bond donors (Lipinski definition) is 1. The van der Waals surface area contributed by atoms with Gasteiger partial charge in [0.1, 0.15) is 4.88 Å². The maximum atomic E-state index is 10.9. The summed E-state index contributed by atoms with van der Waals surface area (Å²) in [6, 6.07) is 8.09. The van der Waals surface area contributed by atoms with Gasteiger partial charge in [0.25, 0.3) is 0 Å². The number of aryl methyl sites for hydroxylation is 1. The molecule has 0 unspecified atom stereocenters. The monoisotopic (exact) mass is 262 g/mol. The summed E-state index contributed by atoms with van der Waals surface area (Å²) >= 11 is 1.19. The number of benzene rings is 1. The zero-order valence-corrected chi connectivity index (χ0v) is 11.1. The molecule has 2 aromatic rings. The largest absolute Gasteiger partial charge is 0.477 e. The minimum atomic E-state index is -0.932. The summed E-state index contributed by atoms with van der Waals surface area (Å²) in [6.07, 6.45) is 1.40. The van der Waals surface area contributed by atoms with E-state index in [-0.39, 0.29) is 4.88 Å². The van der Waals surface area contributed by atoms with Crippen LogP contribution in [0.4, 0.5) is 10.8 Å². The molecule has 0 amide bonds. The van der Waals surface area contributed by atoms with Crippen LogP contribution in [-0.2, 0) is 0 Å². The number of aromatic carboxylic acids is 1. The maximum Gasteiger partial charge on any atom is 0.347 e. The van der Waals surface area contributed by atoms with Crippen molar-refractivity contribution in [3.63, 3.8) is 0 Å². The Kier molecular flexibility index (Phi) is 3.62. The van der Waals surface area contributed by atoms with E-state index in [1.807, 2.05) is 43.0 Å². The van der Waals surface area contributed by atoms with Crippen molar-refractivity contribution >= 4 is 28.1 Å². The summed E-state index contributed by atoms with van der Waals surface area (Å²) in [5, 5.41) is 9.62. The number of carboxylic acid groups (broad SMARTS) is 1. The lowest BCUT2D eigenvalue weighted by Crippen LogP contribution is -2.15. The van der Waals surface area contributed by atoms with Crippen LogP contribution in [0.1, 0.15) is 22.2 Å². The van der Waals surface area contributed by atoms with Crippen molar-refractivity contribution in [3.05, 3.63) is 40.9 Å². The van der Waals surface area contributed by atoms with Crippen molar-refractivity contribution in [1.29, 1.82) is 0 Å². The molecule has 1 aromatic heterocycles. The number of nitrogens with zero attached hydrogens (tertiary/aromatic N) is 2. The molecule has 0 radical (unpaired) electrons. The van der Waals surface area contributed by atoms with Gasteiger partial charge >= 0.3 is 5.97 Å². The Morgan fingerprint density at radius 2 is 2.06 bits per heavy atom. The zero-order valence-electron chi connectivity index (χ0n) is 10.3. The van der Waals surface area contributed by atoms with Crippen molar-refractivity contribution in [2.24, 2.45) is 0 Å². The zero-order chi connectivity index (χ0) is 13.1. The van der Waals surface area contributed by atoms with Crippen LogP contribution < -0.4 is 4.90 Å². The van der Waals surface area contributed by atoms with E-state index in [0.717, 1.165) is 12.2 Å². The van der Waals surface area contributed by atoms with Crippen molar-refractivity contribution < 1.29 is 9.90 Å². The number of aromatic nitrogens is 1. The highest BCUT2D eigenvalue weighted by molar-refractivity contribution is 7.17. The first-order valence-electron chi connectivity index (χ1n) is 5.65. The molecule has 0 atom stereocenters. The first kappa shape index (κ1) is 12.6. The smallest absolute Gasteiger partial charge is 0.347 e. The van der Waals surface area contributed by atoms with Crippen LogP contribution in [0.25, 0.3) is 0 Å². The van der Waals surface area contributed by atoms with E-state index in [1.54, 1.807) is 0 Å². The molecule has 0 aliphatic heterocycles. The molecule has 5 heteroatoms. The third-order valence-corrected chi connectivity index (χ3v) is 3.61. The van der Waals surface area contributed by atoms with Gasteiger partial charge in [-0.2, -0.15) is 0 Å². The van der Waals surface area contributed by atoms with Crippen LogP contribution in [0.15, 0.2) is 30.5 Å². The molecule has 1 aromatic carbocycles. The van der Waals surface area contributed by atoms with Crippen LogP contribution in [0.3, 0.4) is 0 Å². The van der Waals surface area contributed by atoms with Crippen molar-refractivity contribution in [2.45, 2.75) is 13.8 Å². The topological polar surface area (TPSA) is 53.4 Å². The Morgan fingerprint density at radius 3 is 2.56 bits per heavy atom. The second kappa shape index (κ2) is 5.18. The van der Waals surface area contributed by atoms with Crippen LogP contribution in [-0.4, -0.2) is 22.6 Å². The third-order valence-electron chi connectivity index (χ3n) is 2.60. The molecule has 0 aliphatic rings. The minimum absolute atomic E-state index is 0.260. The lowest BCUT2D eigenvalue weighted by atomic mass is 10.2. The number of hydrogen-bond acceptors (Lipinski definition) is 4. The molecule has 0 bridgehead atoms. The molecule has 0 aliphatic carbocycles. The average Bonchev–Trinajstić information content (AvgIpc) is 2.82. The van der Waals surface area contributed by atoms with Gasteiger partial charge in [0.2, 0.25) is 0 Å². The number of anilines is 2. The molecular formula is C13H14N2O2S. The van der Waals surface area contributed by atoms with Crippen LogP contribution in [0.2, 0.25) is 0 Å². The van der Waals surface area contributed by atoms with Crippen molar-refractivity contribution in [1.82, 2.24) is 4.98 Å². The van der Waals surface area contributed by atoms with Gasteiger partial charge in [-0.15, -0.1) is 0 Å². The molecule has 0 spiro atoms. The van der Waals surface area contributed by atoms with E-state index in [4.69, 9.17) is 5.11 Å². The fraction of sp³-hybridized carbons (Fsp3) is 0.231. The van der Waals surface area contributed by atoms with Gasteiger partial charge in [-0.3, -0.25) is 0 Å². The van der Waals surface area contributed by atoms with Gasteiger partial charge in [-0.25, -0.2) is 9.78 Å². The molecule has 0 fully saturated rings. The molecule has 0 saturated heterocycles. The van der Waals surface area contributed by atoms with Gasteiger partial charge in [-0.1, -0.05) is 29.0 Å². The molecule has 18 heavy (non-hydrogen) atoms. The highest BCUT2D eigenvalue weighted by atomic mass is 32.1. The second-order valence-electron chi connectivity index (χ2n) is 3.89. The van der Waals surface area contributed by atoms with Gasteiger partial charge < -0.3 is 10.0 Å². The fourth-order valence-corrected chi connectivity index (χ4v) is 2.48. The first-order valence-corrected chi connectivity index (χ1v) is 6.46. The standard InChI is InChI=1S/C13H14N2O2S/c1-3-15(10-6-4-9(2)5-7-10)13-14-8-11(18-13)12(16)17/h4-8H,3H2,1-2H3,(H,16,17). The number of thiazole rings is 1. The quantitative estimate of drug-likeness (QED) is 0.918. The normalized spacial score (nSPS) is 10.3. The van der Waals surface area contributed by atoms with E-state index in [1.165, 1.54) is 23.1 Å². The van der Waals surface area contributed by atoms with E-state index in [2.05, 4.69) is 4.98 Å². The lowest BCUT2D eigenvalue weighted by molar-refractivity contribution is 0.0702. The molecule has 1 heterocycles. The molecular weight excluding hydrogens is 248 g/mol. The second-order valence-corrected chi connectivity index (χ2v) is 4.90. The number of rotatable bonds is 4. The van der Waals surface area contributed by atoms with E-state index in [9.17, 15) is 4.79 Å². The average molecular weight is 262 g/mol. The van der Waals surface area contributed by atoms with Crippen LogP contribution in [0, 0.1) is 6.92 Å². The van der Waals surface area contributed by atoms with Crippen molar-refractivity contribution in [2.75, 3.05) is 11.4 Å². The summed E-state index contributed by atoms with van der Waals surface area (Å²) in [5.41, 5.74) is 2.22. The van der Waals surface area contributed by atoms with Crippen LogP contribution in [0.5, 0.6) is 0 Å². The summed E-state index contributed by atoms with van der Waals surface area (Å²) in [4.78, 5) is 17.3. The molecule has 1 N–H and O–H groups in total. The van der Waals surface area contributed by atoms with Gasteiger partial charge in [-0.05, 0) is 26.0 Å². The predicted octanol–water partition coefficient (Wildman–Crippen LogP) is 3.31. The molecule has 94 valence electrons. The minimum Gasteiger partial charge on any atom is -0.477 e. The SMILES string of the molecule is CCN(c1ccc(C)cc1)c1ncc(C(=O)O)s1. The number of carboxylic acids is 1. The molecule has 0 saturated carbocycles. The third kappa shape index (κ3) is 2.51. The van der Waals surface area contributed by atoms with Gasteiger partial charge in [0.15, 0.2) is 5.13 Å². The van der Waals surface area contributed by atoms with Gasteiger partial charge in [0.05, 0.1) is 6.20 Å². The Bertz CT molecular complexity index is 548. The highest BCUT2D eigenvalue weighted by Crippen LogP contribution is 2.29. The summed E-state index contributed by atoms with van der Waals surface area (Å²) in [5.74, 6) is -0.932. The fourth-order valence-electron chi connectivity index (χ4n) is 1.64. The Balaban J connectivity index is 2.32. The van der Waals surface area contributed by atoms with E-state index >= 15 is 0 Å². The first-order chi connectivity index (χ1) is 8.61. The maximum absolute atomic E-state index is 10.9. The summed E-state index contributed by atoms with van der Waals surface area (Å²) in [7, 11) is 0. The van der Waals surface area contributed by atoms with E-state index in [0.29, 0.717) is 5.13 Å². The number of carbonyl (C=O) groups is 1. The van der Waals surface area contributed by atoms with Crippen molar-refractivity contribution in [3.8, 4) is 0 Å². The Hall–Kier alpha value is -1.88. The van der Waals surface area contributed by atoms with E-state index < -0.39 is 5.97 Å².